The van der Waals surface area contributed by atoms with Gasteiger partial charge in [0.15, 0.2) is 0 Å². The number of nitrogens with one attached hydrogen (secondary N) is 1. The molecule has 4 bridgehead atoms. The van der Waals surface area contributed by atoms with E-state index in [1.807, 2.05) is 0 Å². The molecule has 0 spiro atoms. The molecule has 150 valence electrons. The van der Waals surface area contributed by atoms with Gasteiger partial charge in [-0.15, -0.1) is 0 Å². The zero-order valence-corrected chi connectivity index (χ0v) is 16.7. The molecule has 4 saturated carbocycles. The van der Waals surface area contributed by atoms with Crippen molar-refractivity contribution in [1.29, 1.82) is 0 Å². The van der Waals surface area contributed by atoms with E-state index in [-0.39, 0.29) is 22.3 Å². The van der Waals surface area contributed by atoms with E-state index in [1.54, 1.807) is 12.1 Å². The van der Waals surface area contributed by atoms with Crippen LogP contribution in [0.3, 0.4) is 0 Å². The molecule has 2 unspecified atom stereocenters. The standard InChI is InChI=1S/C25H27NO3/c1-16-5-7-20(8-6-16)24-11-17-9-18(12-24)14-25(13-17,15-24)23(29)26-21-4-2-3-19(10-21)22(27)28/h2-8,10,17-18H,9,11-15H2,1H3,(H,26,29)(H,27,28)/p-1/t17-,18+,24?,25?. The van der Waals surface area contributed by atoms with Crippen molar-refractivity contribution < 1.29 is 14.7 Å². The van der Waals surface area contributed by atoms with Crippen LogP contribution in [0.15, 0.2) is 48.5 Å². The summed E-state index contributed by atoms with van der Waals surface area (Å²) in [4.78, 5) is 24.7. The number of carbonyl (C=O) groups is 2. The molecule has 1 N–H and O–H groups in total. The number of aromatic carboxylic acids is 1. The minimum Gasteiger partial charge on any atom is -0.545 e. The summed E-state index contributed by atoms with van der Waals surface area (Å²) in [6.45, 7) is 2.11. The Morgan fingerprint density at radius 3 is 2.34 bits per heavy atom. The number of amides is 1. The van der Waals surface area contributed by atoms with Crippen molar-refractivity contribution in [2.24, 2.45) is 17.3 Å². The van der Waals surface area contributed by atoms with Crippen LogP contribution in [0, 0.1) is 24.2 Å². The second kappa shape index (κ2) is 6.45. The summed E-state index contributed by atoms with van der Waals surface area (Å²) in [6.07, 6.45) is 6.39. The number of carboxylic acid groups (broad SMARTS) is 1. The van der Waals surface area contributed by atoms with Gasteiger partial charge in [-0.05, 0) is 86.0 Å². The minimum atomic E-state index is -1.23. The molecule has 4 fully saturated rings. The lowest BCUT2D eigenvalue weighted by atomic mass is 9.42. The van der Waals surface area contributed by atoms with E-state index in [0.717, 1.165) is 19.3 Å². The topological polar surface area (TPSA) is 69.2 Å². The predicted molar refractivity (Wildman–Crippen MR) is 109 cm³/mol. The fourth-order valence-corrected chi connectivity index (χ4v) is 6.76. The number of aryl methyl sites for hydroxylation is 1. The van der Waals surface area contributed by atoms with Crippen LogP contribution in [0.2, 0.25) is 0 Å². The van der Waals surface area contributed by atoms with Crippen molar-refractivity contribution >= 4 is 17.6 Å². The van der Waals surface area contributed by atoms with E-state index in [9.17, 15) is 14.7 Å². The highest BCUT2D eigenvalue weighted by molar-refractivity contribution is 5.97. The van der Waals surface area contributed by atoms with Crippen LogP contribution in [0.4, 0.5) is 5.69 Å². The maximum absolute atomic E-state index is 13.5. The lowest BCUT2D eigenvalue weighted by Crippen LogP contribution is -2.58. The van der Waals surface area contributed by atoms with Gasteiger partial charge >= 0.3 is 0 Å². The first-order chi connectivity index (χ1) is 13.9. The molecule has 0 aromatic heterocycles. The lowest BCUT2D eigenvalue weighted by molar-refractivity contribution is -0.255. The number of rotatable bonds is 4. The molecule has 0 aliphatic heterocycles. The fourth-order valence-electron chi connectivity index (χ4n) is 6.76. The van der Waals surface area contributed by atoms with Gasteiger partial charge in [-0.3, -0.25) is 4.79 Å². The van der Waals surface area contributed by atoms with Gasteiger partial charge in [0.25, 0.3) is 0 Å². The molecule has 4 aliphatic rings. The van der Waals surface area contributed by atoms with Crippen molar-refractivity contribution in [3.05, 3.63) is 65.2 Å². The van der Waals surface area contributed by atoms with E-state index >= 15 is 0 Å². The molecule has 2 aromatic carbocycles. The van der Waals surface area contributed by atoms with Crippen molar-refractivity contribution in [3.63, 3.8) is 0 Å². The highest BCUT2D eigenvalue weighted by Crippen LogP contribution is 2.66. The largest absolute Gasteiger partial charge is 0.545 e. The SMILES string of the molecule is Cc1ccc(C23C[C@@H]4C[C@@H](CC(C(=O)Nc5cccc(C(=O)[O-])c5)(C4)C2)C3)cc1. The molecule has 4 atom stereocenters. The summed E-state index contributed by atoms with van der Waals surface area (Å²) in [6, 6.07) is 15.3. The zero-order chi connectivity index (χ0) is 20.2. The molecular weight excluding hydrogens is 362 g/mol. The monoisotopic (exact) mass is 388 g/mol. The Balaban J connectivity index is 1.45. The number of benzene rings is 2. The van der Waals surface area contributed by atoms with Gasteiger partial charge in [-0.25, -0.2) is 0 Å². The number of anilines is 1. The first-order valence-electron chi connectivity index (χ1n) is 10.6. The molecule has 29 heavy (non-hydrogen) atoms. The highest BCUT2D eigenvalue weighted by Gasteiger charge is 2.60. The van der Waals surface area contributed by atoms with Crippen LogP contribution in [-0.4, -0.2) is 11.9 Å². The number of hydrogen-bond acceptors (Lipinski definition) is 3. The van der Waals surface area contributed by atoms with Crippen molar-refractivity contribution in [2.75, 3.05) is 5.32 Å². The normalized spacial score (nSPS) is 32.2. The first-order valence-corrected chi connectivity index (χ1v) is 10.6. The Kier molecular flexibility index (Phi) is 4.09. The quantitative estimate of drug-likeness (QED) is 0.865. The van der Waals surface area contributed by atoms with Crippen LogP contribution in [0.1, 0.15) is 60.0 Å². The van der Waals surface area contributed by atoms with E-state index in [1.165, 1.54) is 42.5 Å². The molecule has 0 heterocycles. The Bertz CT molecular complexity index is 964. The minimum absolute atomic E-state index is 0.0542. The average Bonchev–Trinajstić information content (AvgIpc) is 2.67. The Morgan fingerprint density at radius 1 is 1.00 bits per heavy atom. The van der Waals surface area contributed by atoms with E-state index in [4.69, 9.17) is 0 Å². The van der Waals surface area contributed by atoms with E-state index < -0.39 is 5.97 Å². The number of carboxylic acids is 1. The fraction of sp³-hybridized carbons (Fsp3) is 0.440. The maximum Gasteiger partial charge on any atom is 0.230 e. The second-order valence-corrected chi connectivity index (χ2v) is 9.71. The van der Waals surface area contributed by atoms with Gasteiger partial charge in [-0.1, -0.05) is 42.0 Å². The molecular formula is C25H26NO3-. The Labute approximate surface area is 171 Å². The summed E-state index contributed by atoms with van der Waals surface area (Å²) in [5, 5.41) is 14.2. The van der Waals surface area contributed by atoms with Crippen LogP contribution >= 0.6 is 0 Å². The molecule has 4 nitrogen and oxygen atoms in total. The summed E-state index contributed by atoms with van der Waals surface area (Å²) in [7, 11) is 0. The number of hydrogen-bond donors (Lipinski definition) is 1. The van der Waals surface area contributed by atoms with Crippen LogP contribution in [0.5, 0.6) is 0 Å². The van der Waals surface area contributed by atoms with Crippen molar-refractivity contribution in [2.45, 2.75) is 50.9 Å². The van der Waals surface area contributed by atoms with Gasteiger partial charge in [0.2, 0.25) is 5.91 Å². The third-order valence-electron chi connectivity index (χ3n) is 7.56. The van der Waals surface area contributed by atoms with Gasteiger partial charge in [0.05, 0.1) is 11.4 Å². The van der Waals surface area contributed by atoms with Crippen LogP contribution in [-0.2, 0) is 10.2 Å². The number of carbonyl (C=O) groups excluding carboxylic acids is 2. The molecule has 4 aliphatic carbocycles. The summed E-state index contributed by atoms with van der Waals surface area (Å²) in [5.41, 5.74) is 3.02. The first kappa shape index (κ1) is 18.4. The molecule has 1 amide bonds. The van der Waals surface area contributed by atoms with Crippen LogP contribution < -0.4 is 10.4 Å². The zero-order valence-electron chi connectivity index (χ0n) is 16.7. The maximum atomic E-state index is 13.5. The second-order valence-electron chi connectivity index (χ2n) is 9.71. The van der Waals surface area contributed by atoms with Crippen LogP contribution in [0.25, 0.3) is 0 Å². The lowest BCUT2D eigenvalue weighted by Gasteiger charge is -2.61. The third kappa shape index (κ3) is 3.06. The smallest absolute Gasteiger partial charge is 0.230 e. The highest BCUT2D eigenvalue weighted by atomic mass is 16.4. The molecule has 4 heteroatoms. The van der Waals surface area contributed by atoms with Crippen molar-refractivity contribution in [3.8, 4) is 0 Å². The Hall–Kier alpha value is -2.62. The molecule has 2 aromatic rings. The van der Waals surface area contributed by atoms with Gasteiger partial charge < -0.3 is 15.2 Å². The van der Waals surface area contributed by atoms with Gasteiger partial charge in [0.1, 0.15) is 0 Å². The summed E-state index contributed by atoms with van der Waals surface area (Å²) >= 11 is 0. The van der Waals surface area contributed by atoms with Crippen molar-refractivity contribution in [1.82, 2.24) is 0 Å². The average molecular weight is 388 g/mol. The molecule has 6 rings (SSSR count). The van der Waals surface area contributed by atoms with E-state index in [0.29, 0.717) is 17.5 Å². The Morgan fingerprint density at radius 2 is 1.69 bits per heavy atom. The van der Waals surface area contributed by atoms with Gasteiger partial charge in [0, 0.05) is 5.69 Å². The summed E-state index contributed by atoms with van der Waals surface area (Å²) in [5.74, 6) is 0.0172. The summed E-state index contributed by atoms with van der Waals surface area (Å²) < 4.78 is 0. The predicted octanol–water partition coefficient (Wildman–Crippen LogP) is 3.84. The molecule has 0 radical (unpaired) electrons. The third-order valence-corrected chi connectivity index (χ3v) is 7.56. The van der Waals surface area contributed by atoms with Gasteiger partial charge in [-0.2, -0.15) is 0 Å². The van der Waals surface area contributed by atoms with E-state index in [2.05, 4.69) is 36.5 Å². The molecule has 0 saturated heterocycles.